The van der Waals surface area contributed by atoms with Gasteiger partial charge in [-0.2, -0.15) is 0 Å². The van der Waals surface area contributed by atoms with Gasteiger partial charge in [-0.1, -0.05) is 6.07 Å². The Balaban J connectivity index is 2.96. The Kier molecular flexibility index (Phi) is 2.03. The lowest BCUT2D eigenvalue weighted by molar-refractivity contribution is 0.1000. The minimum Gasteiger partial charge on any atom is -0.461 e. The molecule has 2 aromatic rings. The van der Waals surface area contributed by atoms with Gasteiger partial charge in [0.15, 0.2) is 0 Å². The summed E-state index contributed by atoms with van der Waals surface area (Å²) in [4.78, 5) is 11.3. The van der Waals surface area contributed by atoms with Gasteiger partial charge < -0.3 is 10.2 Å². The summed E-state index contributed by atoms with van der Waals surface area (Å²) in [6.07, 6.45) is 0. The number of benzene rings is 1. The molecular formula is C12H13NO2. The van der Waals surface area contributed by atoms with E-state index in [2.05, 4.69) is 0 Å². The van der Waals surface area contributed by atoms with Crippen LogP contribution in [-0.2, 0) is 0 Å². The number of furan rings is 1. The molecule has 3 nitrogen and oxygen atoms in total. The van der Waals surface area contributed by atoms with Gasteiger partial charge in [-0.15, -0.1) is 0 Å². The molecule has 0 fully saturated rings. The Hall–Kier alpha value is -1.77. The maximum atomic E-state index is 11.3. The number of carbonyl (C=O) groups excluding carboxylic acids is 1. The molecule has 0 aliphatic carbocycles. The van der Waals surface area contributed by atoms with Gasteiger partial charge in [-0.05, 0) is 38.0 Å². The predicted octanol–water partition coefficient (Wildman–Crippen LogP) is 2.46. The molecule has 2 rings (SSSR count). The van der Waals surface area contributed by atoms with Crippen LogP contribution in [0.15, 0.2) is 16.5 Å². The molecule has 0 spiro atoms. The third-order valence-corrected chi connectivity index (χ3v) is 2.81. The Morgan fingerprint density at radius 2 is 1.93 bits per heavy atom. The molecule has 3 heteroatoms. The molecule has 1 aromatic heterocycles. The number of carbonyl (C=O) groups is 1. The summed E-state index contributed by atoms with van der Waals surface area (Å²) in [6.45, 7) is 5.73. The Morgan fingerprint density at radius 1 is 1.27 bits per heavy atom. The van der Waals surface area contributed by atoms with Crippen LogP contribution >= 0.6 is 0 Å². The van der Waals surface area contributed by atoms with Crippen molar-refractivity contribution < 1.29 is 9.21 Å². The van der Waals surface area contributed by atoms with Crippen molar-refractivity contribution in [1.82, 2.24) is 0 Å². The molecule has 0 radical (unpaired) electrons. The van der Waals surface area contributed by atoms with Gasteiger partial charge in [-0.3, -0.25) is 4.79 Å². The summed E-state index contributed by atoms with van der Waals surface area (Å²) >= 11 is 0. The fraction of sp³-hybridized carbons (Fsp3) is 0.250. The molecule has 2 N–H and O–H groups in total. The van der Waals surface area contributed by atoms with Gasteiger partial charge in [0, 0.05) is 5.39 Å². The lowest BCUT2D eigenvalue weighted by Gasteiger charge is -2.01. The number of hydrogen-bond acceptors (Lipinski definition) is 2. The van der Waals surface area contributed by atoms with Crippen molar-refractivity contribution in [2.45, 2.75) is 20.8 Å². The third kappa shape index (κ3) is 1.31. The number of rotatable bonds is 1. The van der Waals surface area contributed by atoms with E-state index in [9.17, 15) is 4.79 Å². The minimum absolute atomic E-state index is 0.431. The van der Waals surface area contributed by atoms with E-state index in [0.29, 0.717) is 11.3 Å². The van der Waals surface area contributed by atoms with E-state index in [0.717, 1.165) is 22.1 Å². The summed E-state index contributed by atoms with van der Waals surface area (Å²) in [5.74, 6) is 0.158. The standard InChI is InChI=1S/C12H13NO2/c1-6-4-5-9-10(7(6)2)11(12(13)14)8(3)15-9/h4-5H,1-3H3,(H2,13,14). The van der Waals surface area contributed by atoms with E-state index < -0.39 is 5.91 Å². The average molecular weight is 203 g/mol. The lowest BCUT2D eigenvalue weighted by Crippen LogP contribution is -2.11. The highest BCUT2D eigenvalue weighted by atomic mass is 16.3. The predicted molar refractivity (Wildman–Crippen MR) is 58.9 cm³/mol. The molecule has 0 unspecified atom stereocenters. The van der Waals surface area contributed by atoms with E-state index in [4.69, 9.17) is 10.2 Å². The maximum Gasteiger partial charge on any atom is 0.252 e. The van der Waals surface area contributed by atoms with Gasteiger partial charge in [0.2, 0.25) is 0 Å². The summed E-state index contributed by atoms with van der Waals surface area (Å²) < 4.78 is 5.50. The SMILES string of the molecule is Cc1ccc2oc(C)c(C(N)=O)c2c1C. The van der Waals surface area contributed by atoms with Crippen molar-refractivity contribution in [1.29, 1.82) is 0 Å². The van der Waals surface area contributed by atoms with E-state index >= 15 is 0 Å². The number of fused-ring (bicyclic) bond motifs is 1. The first-order chi connectivity index (χ1) is 7.02. The van der Waals surface area contributed by atoms with Crippen molar-refractivity contribution in [3.63, 3.8) is 0 Å². The third-order valence-electron chi connectivity index (χ3n) is 2.81. The van der Waals surface area contributed by atoms with Crippen molar-refractivity contribution in [3.8, 4) is 0 Å². The fourth-order valence-electron chi connectivity index (χ4n) is 1.88. The van der Waals surface area contributed by atoms with Crippen LogP contribution in [0.5, 0.6) is 0 Å². The Labute approximate surface area is 87.9 Å². The lowest BCUT2D eigenvalue weighted by atomic mass is 10.0. The average Bonchev–Trinajstić information content (AvgIpc) is 2.49. The van der Waals surface area contributed by atoms with Crippen LogP contribution in [0.4, 0.5) is 0 Å². The van der Waals surface area contributed by atoms with Crippen LogP contribution in [0.1, 0.15) is 27.2 Å². The normalized spacial score (nSPS) is 10.9. The summed E-state index contributed by atoms with van der Waals surface area (Å²) in [5.41, 5.74) is 8.76. The first-order valence-electron chi connectivity index (χ1n) is 4.81. The molecule has 0 saturated heterocycles. The highest BCUT2D eigenvalue weighted by Crippen LogP contribution is 2.29. The van der Waals surface area contributed by atoms with E-state index in [1.54, 1.807) is 6.92 Å². The molecular weight excluding hydrogens is 190 g/mol. The number of aryl methyl sites for hydroxylation is 3. The van der Waals surface area contributed by atoms with Crippen LogP contribution in [-0.4, -0.2) is 5.91 Å². The number of hydrogen-bond donors (Lipinski definition) is 1. The number of primary amides is 1. The second-order valence-electron chi connectivity index (χ2n) is 3.78. The van der Waals surface area contributed by atoms with Gasteiger partial charge in [0.1, 0.15) is 11.3 Å². The Bertz CT molecular complexity index is 552. The van der Waals surface area contributed by atoms with Gasteiger partial charge in [0.05, 0.1) is 5.56 Å². The van der Waals surface area contributed by atoms with Crippen molar-refractivity contribution in [3.05, 3.63) is 34.6 Å². The van der Waals surface area contributed by atoms with E-state index in [1.165, 1.54) is 0 Å². The van der Waals surface area contributed by atoms with Crippen LogP contribution in [0.2, 0.25) is 0 Å². The Morgan fingerprint density at radius 3 is 2.53 bits per heavy atom. The zero-order chi connectivity index (χ0) is 11.2. The second-order valence-corrected chi connectivity index (χ2v) is 3.78. The maximum absolute atomic E-state index is 11.3. The molecule has 78 valence electrons. The molecule has 0 aliphatic rings. The van der Waals surface area contributed by atoms with Crippen LogP contribution in [0.25, 0.3) is 11.0 Å². The largest absolute Gasteiger partial charge is 0.461 e. The highest BCUT2D eigenvalue weighted by Gasteiger charge is 2.17. The molecule has 0 saturated carbocycles. The molecule has 1 amide bonds. The van der Waals surface area contributed by atoms with E-state index in [-0.39, 0.29) is 0 Å². The molecule has 0 atom stereocenters. The van der Waals surface area contributed by atoms with Crippen LogP contribution in [0, 0.1) is 20.8 Å². The molecule has 0 bridgehead atoms. The second kappa shape index (κ2) is 3.12. The van der Waals surface area contributed by atoms with Crippen LogP contribution < -0.4 is 5.73 Å². The topological polar surface area (TPSA) is 56.2 Å². The molecule has 15 heavy (non-hydrogen) atoms. The number of nitrogens with two attached hydrogens (primary N) is 1. The highest BCUT2D eigenvalue weighted by molar-refractivity contribution is 6.07. The quantitative estimate of drug-likeness (QED) is 0.773. The monoisotopic (exact) mass is 203 g/mol. The summed E-state index contributed by atoms with van der Waals surface area (Å²) in [6, 6.07) is 3.85. The zero-order valence-electron chi connectivity index (χ0n) is 9.05. The first-order valence-corrected chi connectivity index (χ1v) is 4.81. The summed E-state index contributed by atoms with van der Waals surface area (Å²) in [7, 11) is 0. The smallest absolute Gasteiger partial charge is 0.252 e. The van der Waals surface area contributed by atoms with Gasteiger partial charge >= 0.3 is 0 Å². The fourth-order valence-corrected chi connectivity index (χ4v) is 1.88. The molecule has 1 heterocycles. The molecule has 1 aromatic carbocycles. The van der Waals surface area contributed by atoms with Crippen LogP contribution in [0.3, 0.4) is 0 Å². The van der Waals surface area contributed by atoms with E-state index in [1.807, 2.05) is 26.0 Å². The number of amides is 1. The van der Waals surface area contributed by atoms with Crippen molar-refractivity contribution >= 4 is 16.9 Å². The minimum atomic E-state index is -0.431. The van der Waals surface area contributed by atoms with Crippen molar-refractivity contribution in [2.24, 2.45) is 5.73 Å². The van der Waals surface area contributed by atoms with Gasteiger partial charge in [-0.25, -0.2) is 0 Å². The van der Waals surface area contributed by atoms with Crippen molar-refractivity contribution in [2.75, 3.05) is 0 Å². The van der Waals surface area contributed by atoms with Gasteiger partial charge in [0.25, 0.3) is 5.91 Å². The first kappa shape index (κ1) is 9.77. The zero-order valence-corrected chi connectivity index (χ0v) is 9.05. The molecule has 0 aliphatic heterocycles. The summed E-state index contributed by atoms with van der Waals surface area (Å²) in [5, 5.41) is 0.847.